The first-order chi connectivity index (χ1) is 12.7. The normalized spacial score (nSPS) is 20.0. The summed E-state index contributed by atoms with van der Waals surface area (Å²) in [5, 5.41) is 3.19. The molecule has 2 aliphatic heterocycles. The highest BCUT2D eigenvalue weighted by atomic mass is 16.6. The van der Waals surface area contributed by atoms with E-state index in [1.807, 2.05) is 18.2 Å². The van der Waals surface area contributed by atoms with Crippen molar-refractivity contribution in [3.05, 3.63) is 24.0 Å². The van der Waals surface area contributed by atoms with E-state index in [2.05, 4.69) is 32.1 Å². The maximum atomic E-state index is 5.90. The highest BCUT2D eigenvalue weighted by molar-refractivity contribution is 5.60. The number of nitrogens with zero attached hydrogens (tertiary/aromatic N) is 4. The number of hydrogen-bond donors (Lipinski definition) is 2. The highest BCUT2D eigenvalue weighted by Crippen LogP contribution is 2.33. The van der Waals surface area contributed by atoms with Gasteiger partial charge in [0.2, 0.25) is 11.9 Å². The minimum atomic E-state index is 0.222. The van der Waals surface area contributed by atoms with E-state index in [-0.39, 0.29) is 5.95 Å². The molecule has 0 unspecified atom stereocenters. The minimum Gasteiger partial charge on any atom is -0.486 e. The standard InChI is InChI=1S/C18H24N6O2/c1-12-4-2-3-7-24(12)11-16-21-17(19)23-18(22-16)20-13-5-6-14-15(10-13)26-9-8-25-14/h5-6,10,12H,2-4,7-9,11H2,1H3,(H3,19,20,21,22,23)/t12-/m0/s1. The van der Waals surface area contributed by atoms with Gasteiger partial charge in [-0.05, 0) is 38.4 Å². The van der Waals surface area contributed by atoms with Gasteiger partial charge in [0.05, 0.1) is 6.54 Å². The van der Waals surface area contributed by atoms with Crippen molar-refractivity contribution in [3.8, 4) is 11.5 Å². The fourth-order valence-corrected chi connectivity index (χ4v) is 3.39. The summed E-state index contributed by atoms with van der Waals surface area (Å²) in [7, 11) is 0. The SMILES string of the molecule is C[C@H]1CCCCN1Cc1nc(N)nc(Nc2ccc3c(c2)OCCO3)n1. The Morgan fingerprint density at radius 1 is 1.15 bits per heavy atom. The number of anilines is 3. The van der Waals surface area contributed by atoms with Crippen LogP contribution in [0, 0.1) is 0 Å². The Balaban J connectivity index is 1.51. The number of piperidine rings is 1. The molecule has 0 spiro atoms. The van der Waals surface area contributed by atoms with E-state index in [1.54, 1.807) is 0 Å². The highest BCUT2D eigenvalue weighted by Gasteiger charge is 2.20. The van der Waals surface area contributed by atoms with Crippen molar-refractivity contribution in [3.63, 3.8) is 0 Å². The molecule has 0 amide bonds. The van der Waals surface area contributed by atoms with Crippen LogP contribution >= 0.6 is 0 Å². The molecule has 26 heavy (non-hydrogen) atoms. The van der Waals surface area contributed by atoms with Crippen molar-refractivity contribution in [2.24, 2.45) is 0 Å². The molecule has 138 valence electrons. The van der Waals surface area contributed by atoms with Crippen LogP contribution in [-0.2, 0) is 6.54 Å². The number of nitrogen functional groups attached to an aromatic ring is 1. The second kappa shape index (κ2) is 7.33. The molecule has 3 N–H and O–H groups in total. The van der Waals surface area contributed by atoms with E-state index in [1.165, 1.54) is 19.3 Å². The summed E-state index contributed by atoms with van der Waals surface area (Å²) in [4.78, 5) is 15.4. The Kier molecular flexibility index (Phi) is 4.75. The molecule has 2 aliphatic rings. The van der Waals surface area contributed by atoms with Crippen LogP contribution in [0.5, 0.6) is 11.5 Å². The van der Waals surface area contributed by atoms with E-state index >= 15 is 0 Å². The molecule has 8 heteroatoms. The van der Waals surface area contributed by atoms with E-state index in [0.717, 1.165) is 18.0 Å². The molecule has 0 saturated carbocycles. The molecule has 8 nitrogen and oxygen atoms in total. The number of nitrogens with two attached hydrogens (primary N) is 1. The number of rotatable bonds is 4. The summed E-state index contributed by atoms with van der Waals surface area (Å²) in [6.45, 7) is 5.12. The number of ether oxygens (including phenoxy) is 2. The summed E-state index contributed by atoms with van der Waals surface area (Å²) in [5.74, 6) is 2.81. The number of likely N-dealkylation sites (tertiary alicyclic amines) is 1. The van der Waals surface area contributed by atoms with Crippen molar-refractivity contribution in [1.82, 2.24) is 19.9 Å². The van der Waals surface area contributed by atoms with Gasteiger partial charge < -0.3 is 20.5 Å². The predicted octanol–water partition coefficient (Wildman–Crippen LogP) is 2.34. The first-order valence-corrected chi connectivity index (χ1v) is 9.08. The Morgan fingerprint density at radius 3 is 2.85 bits per heavy atom. The van der Waals surface area contributed by atoms with Gasteiger partial charge in [-0.1, -0.05) is 6.42 Å². The molecular formula is C18H24N6O2. The van der Waals surface area contributed by atoms with E-state index in [0.29, 0.717) is 43.3 Å². The molecule has 1 fully saturated rings. The lowest BCUT2D eigenvalue weighted by atomic mass is 10.0. The first kappa shape index (κ1) is 16.8. The molecule has 0 aliphatic carbocycles. The second-order valence-corrected chi connectivity index (χ2v) is 6.73. The third-order valence-electron chi connectivity index (χ3n) is 4.78. The fourth-order valence-electron chi connectivity index (χ4n) is 3.39. The zero-order valence-corrected chi connectivity index (χ0v) is 14.9. The Bertz CT molecular complexity index is 784. The number of aromatic nitrogens is 3. The number of nitrogens with one attached hydrogen (secondary N) is 1. The van der Waals surface area contributed by atoms with Crippen molar-refractivity contribution in [2.45, 2.75) is 38.8 Å². The topological polar surface area (TPSA) is 98.4 Å². The number of hydrogen-bond acceptors (Lipinski definition) is 8. The van der Waals surface area contributed by atoms with Crippen molar-refractivity contribution in [1.29, 1.82) is 0 Å². The van der Waals surface area contributed by atoms with Crippen LogP contribution in [0.1, 0.15) is 32.0 Å². The Morgan fingerprint density at radius 2 is 2.00 bits per heavy atom. The van der Waals surface area contributed by atoms with Crippen LogP contribution in [0.15, 0.2) is 18.2 Å². The first-order valence-electron chi connectivity index (χ1n) is 9.08. The van der Waals surface area contributed by atoms with Gasteiger partial charge in [0.25, 0.3) is 0 Å². The van der Waals surface area contributed by atoms with Crippen LogP contribution in [-0.4, -0.2) is 45.7 Å². The molecule has 4 rings (SSSR count). The van der Waals surface area contributed by atoms with Gasteiger partial charge in [0, 0.05) is 17.8 Å². The van der Waals surface area contributed by atoms with Gasteiger partial charge >= 0.3 is 0 Å². The number of benzene rings is 1. The largest absolute Gasteiger partial charge is 0.486 e. The van der Waals surface area contributed by atoms with Gasteiger partial charge in [0.1, 0.15) is 19.0 Å². The third-order valence-corrected chi connectivity index (χ3v) is 4.78. The van der Waals surface area contributed by atoms with E-state index in [4.69, 9.17) is 15.2 Å². The van der Waals surface area contributed by atoms with Crippen LogP contribution in [0.25, 0.3) is 0 Å². The quantitative estimate of drug-likeness (QED) is 0.861. The summed E-state index contributed by atoms with van der Waals surface area (Å²) in [6, 6.07) is 6.19. The van der Waals surface area contributed by atoms with E-state index < -0.39 is 0 Å². The molecule has 1 aromatic heterocycles. The maximum absolute atomic E-state index is 5.90. The van der Waals surface area contributed by atoms with Gasteiger partial charge in [-0.2, -0.15) is 15.0 Å². The Hall–Kier alpha value is -2.61. The second-order valence-electron chi connectivity index (χ2n) is 6.73. The molecule has 1 saturated heterocycles. The average molecular weight is 356 g/mol. The maximum Gasteiger partial charge on any atom is 0.232 e. The zero-order chi connectivity index (χ0) is 17.9. The van der Waals surface area contributed by atoms with Crippen LogP contribution in [0.2, 0.25) is 0 Å². The molecule has 0 radical (unpaired) electrons. The minimum absolute atomic E-state index is 0.222. The van der Waals surface area contributed by atoms with Gasteiger partial charge in [0.15, 0.2) is 11.5 Å². The lowest BCUT2D eigenvalue weighted by molar-refractivity contribution is 0.149. The zero-order valence-electron chi connectivity index (χ0n) is 14.9. The summed E-state index contributed by atoms with van der Waals surface area (Å²) in [5.41, 5.74) is 6.72. The lowest BCUT2D eigenvalue weighted by Crippen LogP contribution is -2.37. The molecule has 3 heterocycles. The van der Waals surface area contributed by atoms with Gasteiger partial charge in [-0.15, -0.1) is 0 Å². The fraction of sp³-hybridized carbons (Fsp3) is 0.500. The molecule has 1 atom stereocenters. The monoisotopic (exact) mass is 356 g/mol. The summed E-state index contributed by atoms with van der Waals surface area (Å²) < 4.78 is 11.2. The summed E-state index contributed by atoms with van der Waals surface area (Å²) in [6.07, 6.45) is 3.71. The lowest BCUT2D eigenvalue weighted by Gasteiger charge is -2.32. The molecular weight excluding hydrogens is 332 g/mol. The van der Waals surface area contributed by atoms with E-state index in [9.17, 15) is 0 Å². The molecule has 0 bridgehead atoms. The Labute approximate surface area is 152 Å². The van der Waals surface area contributed by atoms with Crippen LogP contribution in [0.4, 0.5) is 17.6 Å². The van der Waals surface area contributed by atoms with Crippen LogP contribution < -0.4 is 20.5 Å². The van der Waals surface area contributed by atoms with Gasteiger partial charge in [-0.3, -0.25) is 4.90 Å². The number of fused-ring (bicyclic) bond motifs is 1. The van der Waals surface area contributed by atoms with Crippen molar-refractivity contribution < 1.29 is 9.47 Å². The summed E-state index contributed by atoms with van der Waals surface area (Å²) >= 11 is 0. The molecule has 1 aromatic carbocycles. The molecule has 2 aromatic rings. The van der Waals surface area contributed by atoms with Crippen molar-refractivity contribution >= 4 is 17.6 Å². The predicted molar refractivity (Wildman–Crippen MR) is 98.7 cm³/mol. The van der Waals surface area contributed by atoms with Crippen molar-refractivity contribution in [2.75, 3.05) is 30.8 Å². The smallest absolute Gasteiger partial charge is 0.232 e. The average Bonchev–Trinajstić information content (AvgIpc) is 2.63. The third kappa shape index (κ3) is 3.80. The van der Waals surface area contributed by atoms with Gasteiger partial charge in [-0.25, -0.2) is 0 Å². The van der Waals surface area contributed by atoms with Crippen LogP contribution in [0.3, 0.4) is 0 Å².